The van der Waals surface area contributed by atoms with Crippen LogP contribution in [0.5, 0.6) is 5.75 Å². The van der Waals surface area contributed by atoms with Crippen LogP contribution in [-0.2, 0) is 9.59 Å². The van der Waals surface area contributed by atoms with Crippen LogP contribution >= 0.6 is 39.1 Å². The second-order valence-electron chi connectivity index (χ2n) is 4.66. The number of ether oxygens (including phenoxy) is 1. The van der Waals surface area contributed by atoms with E-state index in [0.717, 1.165) is 4.47 Å². The van der Waals surface area contributed by atoms with Gasteiger partial charge in [-0.1, -0.05) is 39.1 Å². The first-order chi connectivity index (χ1) is 11.9. The Morgan fingerprint density at radius 2 is 1.92 bits per heavy atom. The summed E-state index contributed by atoms with van der Waals surface area (Å²) in [6.07, 6.45) is 1.38. The number of halogens is 3. The topological polar surface area (TPSA) is 79.8 Å². The minimum absolute atomic E-state index is 0.230. The molecule has 0 radical (unpaired) electrons. The van der Waals surface area contributed by atoms with Gasteiger partial charge in [0.05, 0.1) is 24.0 Å². The molecule has 130 valence electrons. The molecule has 0 saturated carbocycles. The lowest BCUT2D eigenvalue weighted by atomic mass is 10.2. The lowest BCUT2D eigenvalue weighted by Gasteiger charge is -2.06. The van der Waals surface area contributed by atoms with Gasteiger partial charge in [-0.05, 0) is 36.4 Å². The van der Waals surface area contributed by atoms with Gasteiger partial charge in [0.2, 0.25) is 0 Å². The number of anilines is 1. The largest absolute Gasteiger partial charge is 0.497 e. The van der Waals surface area contributed by atoms with Crippen LogP contribution in [0.15, 0.2) is 46.0 Å². The lowest BCUT2D eigenvalue weighted by molar-refractivity contribution is -0.136. The van der Waals surface area contributed by atoms with E-state index < -0.39 is 11.8 Å². The SMILES string of the molecule is COc1ccc(Br)c(/C=N/NC(=O)C(=O)Nc2cc(Cl)ccc2Cl)c1. The molecule has 0 bridgehead atoms. The maximum atomic E-state index is 11.9. The molecule has 9 heteroatoms. The molecule has 25 heavy (non-hydrogen) atoms. The Hall–Kier alpha value is -2.09. The molecule has 6 nitrogen and oxygen atoms in total. The molecule has 2 N–H and O–H groups in total. The number of carbonyl (C=O) groups is 2. The highest BCUT2D eigenvalue weighted by molar-refractivity contribution is 9.10. The number of hydrazone groups is 1. The third-order valence-corrected chi connectivity index (χ3v) is 4.24. The maximum Gasteiger partial charge on any atom is 0.329 e. The molecule has 0 aliphatic carbocycles. The van der Waals surface area contributed by atoms with Crippen LogP contribution in [0.4, 0.5) is 5.69 Å². The van der Waals surface area contributed by atoms with Gasteiger partial charge in [0, 0.05) is 15.1 Å². The number of nitrogens with zero attached hydrogens (tertiary/aromatic N) is 1. The van der Waals surface area contributed by atoms with Gasteiger partial charge < -0.3 is 10.1 Å². The van der Waals surface area contributed by atoms with Crippen molar-refractivity contribution < 1.29 is 14.3 Å². The van der Waals surface area contributed by atoms with Crippen molar-refractivity contribution in [2.45, 2.75) is 0 Å². The molecule has 0 fully saturated rings. The fourth-order valence-corrected chi connectivity index (χ4v) is 2.42. The summed E-state index contributed by atoms with van der Waals surface area (Å²) < 4.78 is 5.86. The first kappa shape index (κ1) is 19.2. The molecule has 2 aromatic rings. The summed E-state index contributed by atoms with van der Waals surface area (Å²) in [5.74, 6) is -1.25. The van der Waals surface area contributed by atoms with E-state index in [9.17, 15) is 9.59 Å². The van der Waals surface area contributed by atoms with Crippen LogP contribution in [0.25, 0.3) is 0 Å². The quantitative estimate of drug-likeness (QED) is 0.427. The van der Waals surface area contributed by atoms with E-state index in [2.05, 4.69) is 31.8 Å². The second-order valence-corrected chi connectivity index (χ2v) is 6.36. The van der Waals surface area contributed by atoms with Crippen molar-refractivity contribution in [3.05, 3.63) is 56.5 Å². The Kier molecular flexibility index (Phi) is 6.81. The third-order valence-electron chi connectivity index (χ3n) is 2.96. The van der Waals surface area contributed by atoms with Crippen LogP contribution in [-0.4, -0.2) is 25.1 Å². The smallest absolute Gasteiger partial charge is 0.329 e. The summed E-state index contributed by atoms with van der Waals surface area (Å²) in [6, 6.07) is 9.76. The van der Waals surface area contributed by atoms with E-state index >= 15 is 0 Å². The summed E-state index contributed by atoms with van der Waals surface area (Å²) >= 11 is 15.1. The van der Waals surface area contributed by atoms with Gasteiger partial charge >= 0.3 is 11.8 Å². The van der Waals surface area contributed by atoms with Crippen LogP contribution in [0.1, 0.15) is 5.56 Å². The summed E-state index contributed by atoms with van der Waals surface area (Å²) in [4.78, 5) is 23.7. The van der Waals surface area contributed by atoms with Crippen molar-refractivity contribution in [3.63, 3.8) is 0 Å². The van der Waals surface area contributed by atoms with Crippen LogP contribution in [0, 0.1) is 0 Å². The van der Waals surface area contributed by atoms with Gasteiger partial charge in [-0.25, -0.2) is 5.43 Å². The van der Waals surface area contributed by atoms with Crippen molar-refractivity contribution in [1.29, 1.82) is 0 Å². The highest BCUT2D eigenvalue weighted by Gasteiger charge is 2.14. The average molecular weight is 445 g/mol. The number of benzene rings is 2. The summed E-state index contributed by atoms with van der Waals surface area (Å²) in [5, 5.41) is 6.74. The standard InChI is InChI=1S/C16H12BrCl2N3O3/c1-25-11-3-4-12(17)9(6-11)8-20-22-16(24)15(23)21-14-7-10(18)2-5-13(14)19/h2-8H,1H3,(H,21,23)(H,22,24)/b20-8+. The van der Waals surface area contributed by atoms with Gasteiger partial charge in [-0.15, -0.1) is 0 Å². The Labute approximate surface area is 162 Å². The minimum Gasteiger partial charge on any atom is -0.497 e. The second kappa shape index (κ2) is 8.84. The fraction of sp³-hybridized carbons (Fsp3) is 0.0625. The summed E-state index contributed by atoms with van der Waals surface area (Å²) in [7, 11) is 1.54. The molecule has 2 rings (SSSR count). The van der Waals surface area contributed by atoms with E-state index in [1.165, 1.54) is 25.5 Å². The summed E-state index contributed by atoms with van der Waals surface area (Å²) in [5.41, 5.74) is 3.03. The van der Waals surface area contributed by atoms with Gasteiger partial charge in [-0.3, -0.25) is 9.59 Å². The zero-order valence-electron chi connectivity index (χ0n) is 12.8. The van der Waals surface area contributed by atoms with Crippen molar-refractivity contribution in [2.75, 3.05) is 12.4 Å². The van der Waals surface area contributed by atoms with Gasteiger partial charge in [0.1, 0.15) is 5.75 Å². The molecule has 0 saturated heterocycles. The van der Waals surface area contributed by atoms with E-state index in [-0.39, 0.29) is 10.7 Å². The Morgan fingerprint density at radius 3 is 2.64 bits per heavy atom. The molecule has 0 spiro atoms. The molecular weight excluding hydrogens is 433 g/mol. The third kappa shape index (κ3) is 5.45. The van der Waals surface area contributed by atoms with Crippen molar-refractivity contribution >= 4 is 62.8 Å². The first-order valence-electron chi connectivity index (χ1n) is 6.83. The molecule has 2 amide bonds. The number of hydrogen-bond donors (Lipinski definition) is 2. The predicted octanol–water partition coefficient (Wildman–Crippen LogP) is 3.85. The van der Waals surface area contributed by atoms with Crippen molar-refractivity contribution in [3.8, 4) is 5.75 Å². The molecule has 0 aliphatic heterocycles. The zero-order chi connectivity index (χ0) is 18.4. The number of hydrogen-bond acceptors (Lipinski definition) is 4. The lowest BCUT2D eigenvalue weighted by Crippen LogP contribution is -2.32. The van der Waals surface area contributed by atoms with E-state index in [1.54, 1.807) is 24.3 Å². The number of rotatable bonds is 4. The number of carbonyl (C=O) groups excluding carboxylic acids is 2. The number of nitrogens with one attached hydrogen (secondary N) is 2. The zero-order valence-corrected chi connectivity index (χ0v) is 15.9. The minimum atomic E-state index is -0.952. The maximum absolute atomic E-state index is 11.9. The van der Waals surface area contributed by atoms with Crippen LogP contribution in [0.3, 0.4) is 0 Å². The molecule has 0 atom stereocenters. The van der Waals surface area contributed by atoms with E-state index in [1.807, 2.05) is 0 Å². The Morgan fingerprint density at radius 1 is 1.16 bits per heavy atom. The Balaban J connectivity index is 2.00. The van der Waals surface area contributed by atoms with Crippen LogP contribution in [0.2, 0.25) is 10.0 Å². The van der Waals surface area contributed by atoms with E-state index in [0.29, 0.717) is 16.3 Å². The molecule has 2 aromatic carbocycles. The fourth-order valence-electron chi connectivity index (χ4n) is 1.73. The average Bonchev–Trinajstić information content (AvgIpc) is 2.59. The molecule has 0 unspecified atom stereocenters. The van der Waals surface area contributed by atoms with E-state index in [4.69, 9.17) is 27.9 Å². The molecule has 0 heterocycles. The first-order valence-corrected chi connectivity index (χ1v) is 8.38. The number of amides is 2. The monoisotopic (exact) mass is 443 g/mol. The van der Waals surface area contributed by atoms with Gasteiger partial charge in [0.25, 0.3) is 0 Å². The van der Waals surface area contributed by atoms with Crippen molar-refractivity contribution in [2.24, 2.45) is 5.10 Å². The number of methoxy groups -OCH3 is 1. The molecular formula is C16H12BrCl2N3O3. The highest BCUT2D eigenvalue weighted by Crippen LogP contribution is 2.25. The normalized spacial score (nSPS) is 10.6. The molecule has 0 aliphatic rings. The highest BCUT2D eigenvalue weighted by atomic mass is 79.9. The van der Waals surface area contributed by atoms with Crippen molar-refractivity contribution in [1.82, 2.24) is 5.43 Å². The van der Waals surface area contributed by atoms with Gasteiger partial charge in [0.15, 0.2) is 0 Å². The Bertz CT molecular complexity index is 843. The van der Waals surface area contributed by atoms with Crippen LogP contribution < -0.4 is 15.5 Å². The summed E-state index contributed by atoms with van der Waals surface area (Å²) in [6.45, 7) is 0. The predicted molar refractivity (Wildman–Crippen MR) is 102 cm³/mol. The van der Waals surface area contributed by atoms with Gasteiger partial charge in [-0.2, -0.15) is 5.10 Å². The molecule has 0 aromatic heterocycles.